The van der Waals surface area contributed by atoms with E-state index in [4.69, 9.17) is 9.47 Å². The summed E-state index contributed by atoms with van der Waals surface area (Å²) >= 11 is 0. The molecule has 1 fully saturated rings. The summed E-state index contributed by atoms with van der Waals surface area (Å²) in [4.78, 5) is 24.7. The van der Waals surface area contributed by atoms with E-state index in [0.717, 1.165) is 57.3 Å². The Hall–Kier alpha value is -1.06. The van der Waals surface area contributed by atoms with Gasteiger partial charge in [0.25, 0.3) is 0 Å². The van der Waals surface area contributed by atoms with E-state index in [2.05, 4.69) is 20.8 Å². The third kappa shape index (κ3) is 16.5. The molecule has 0 radical (unpaired) electrons. The Morgan fingerprint density at radius 1 is 0.588 bits per heavy atom. The monoisotopic (exact) mass is 480 g/mol. The molecule has 4 heteroatoms. The van der Waals surface area contributed by atoms with E-state index < -0.39 is 0 Å². The Balaban J connectivity index is 1.96. The third-order valence-electron chi connectivity index (χ3n) is 7.31. The van der Waals surface area contributed by atoms with Crippen molar-refractivity contribution in [3.63, 3.8) is 0 Å². The van der Waals surface area contributed by atoms with Crippen molar-refractivity contribution < 1.29 is 19.1 Å². The van der Waals surface area contributed by atoms with E-state index in [9.17, 15) is 9.59 Å². The Labute approximate surface area is 211 Å². The van der Waals surface area contributed by atoms with E-state index >= 15 is 0 Å². The number of carbonyl (C=O) groups is 2. The fraction of sp³-hybridized carbons (Fsp3) is 0.933. The van der Waals surface area contributed by atoms with Crippen molar-refractivity contribution in [1.29, 1.82) is 0 Å². The molecule has 0 saturated heterocycles. The lowest BCUT2D eigenvalue weighted by Gasteiger charge is -2.26. The number of unbranched alkanes of at least 4 members (excludes halogenated alkanes) is 13. The first-order valence-corrected chi connectivity index (χ1v) is 14.9. The molecular formula is C30H56O4. The van der Waals surface area contributed by atoms with E-state index in [-0.39, 0.29) is 23.8 Å². The molecule has 0 aromatic heterocycles. The number of ether oxygens (including phenoxy) is 2. The van der Waals surface area contributed by atoms with Crippen LogP contribution in [0, 0.1) is 17.8 Å². The van der Waals surface area contributed by atoms with Crippen LogP contribution in [0.1, 0.15) is 149 Å². The maximum atomic E-state index is 12.4. The van der Waals surface area contributed by atoms with Gasteiger partial charge in [0.15, 0.2) is 0 Å². The smallest absolute Gasteiger partial charge is 0.308 e. The Morgan fingerprint density at radius 3 is 1.32 bits per heavy atom. The Morgan fingerprint density at radius 2 is 0.941 bits per heavy atom. The molecule has 0 N–H and O–H groups in total. The van der Waals surface area contributed by atoms with E-state index in [1.807, 2.05) is 0 Å². The quantitative estimate of drug-likeness (QED) is 0.122. The van der Waals surface area contributed by atoms with E-state index in [1.54, 1.807) is 0 Å². The maximum Gasteiger partial charge on any atom is 0.308 e. The second kappa shape index (κ2) is 21.2. The van der Waals surface area contributed by atoms with Crippen molar-refractivity contribution in [3.8, 4) is 0 Å². The van der Waals surface area contributed by atoms with Crippen molar-refractivity contribution in [2.24, 2.45) is 17.8 Å². The minimum Gasteiger partial charge on any atom is -0.465 e. The summed E-state index contributed by atoms with van der Waals surface area (Å²) in [6, 6.07) is 0. The van der Waals surface area contributed by atoms with Crippen LogP contribution in [-0.4, -0.2) is 25.2 Å². The number of hydrogen-bond donors (Lipinski definition) is 0. The minimum absolute atomic E-state index is 0.0296. The van der Waals surface area contributed by atoms with Gasteiger partial charge >= 0.3 is 11.9 Å². The second-order valence-corrected chi connectivity index (χ2v) is 11.0. The lowest BCUT2D eigenvalue weighted by Crippen LogP contribution is -2.28. The molecule has 1 saturated carbocycles. The van der Waals surface area contributed by atoms with Crippen LogP contribution < -0.4 is 0 Å². The number of esters is 2. The third-order valence-corrected chi connectivity index (χ3v) is 7.31. The molecule has 0 unspecified atom stereocenters. The molecular weight excluding hydrogens is 424 g/mol. The normalized spacial score (nSPS) is 18.2. The highest BCUT2D eigenvalue weighted by molar-refractivity contribution is 5.75. The van der Waals surface area contributed by atoms with Gasteiger partial charge in [-0.15, -0.1) is 0 Å². The highest BCUT2D eigenvalue weighted by atomic mass is 16.5. The van der Waals surface area contributed by atoms with Crippen molar-refractivity contribution >= 4 is 11.9 Å². The number of hydrogen-bond acceptors (Lipinski definition) is 4. The molecule has 0 aliphatic heterocycles. The van der Waals surface area contributed by atoms with Crippen LogP contribution in [0.5, 0.6) is 0 Å². The van der Waals surface area contributed by atoms with Crippen LogP contribution in [0.2, 0.25) is 0 Å². The van der Waals surface area contributed by atoms with Crippen LogP contribution in [-0.2, 0) is 19.1 Å². The predicted molar refractivity (Wildman–Crippen MR) is 142 cm³/mol. The number of carbonyl (C=O) groups excluding carboxylic acids is 2. The Bertz CT molecular complexity index is 494. The summed E-state index contributed by atoms with van der Waals surface area (Å²) in [5.41, 5.74) is 0. The van der Waals surface area contributed by atoms with Gasteiger partial charge in [-0.25, -0.2) is 0 Å². The molecule has 0 heterocycles. The van der Waals surface area contributed by atoms with E-state index in [1.165, 1.54) is 77.0 Å². The molecule has 1 rings (SSSR count). The Kier molecular flexibility index (Phi) is 19.3. The van der Waals surface area contributed by atoms with Crippen molar-refractivity contribution in [1.82, 2.24) is 0 Å². The zero-order valence-corrected chi connectivity index (χ0v) is 22.9. The van der Waals surface area contributed by atoms with Crippen molar-refractivity contribution in [2.75, 3.05) is 13.2 Å². The van der Waals surface area contributed by atoms with Gasteiger partial charge in [0, 0.05) is 0 Å². The lowest BCUT2D eigenvalue weighted by atomic mass is 9.82. The first-order chi connectivity index (χ1) is 16.5. The van der Waals surface area contributed by atoms with Crippen molar-refractivity contribution in [3.05, 3.63) is 0 Å². The molecule has 200 valence electrons. The van der Waals surface area contributed by atoms with Gasteiger partial charge < -0.3 is 9.47 Å². The molecule has 0 aromatic carbocycles. The highest BCUT2D eigenvalue weighted by Crippen LogP contribution is 2.30. The molecule has 0 spiro atoms. The van der Waals surface area contributed by atoms with Gasteiger partial charge in [-0.3, -0.25) is 9.59 Å². The summed E-state index contributed by atoms with van der Waals surface area (Å²) in [5, 5.41) is 0. The average molecular weight is 481 g/mol. The van der Waals surface area contributed by atoms with Crippen LogP contribution in [0.25, 0.3) is 0 Å². The molecule has 0 aromatic rings. The highest BCUT2D eigenvalue weighted by Gasteiger charge is 2.31. The summed E-state index contributed by atoms with van der Waals surface area (Å²) in [6.07, 6.45) is 23.1. The number of rotatable bonds is 21. The molecule has 0 amide bonds. The standard InChI is InChI=1S/C30H56O4/c1-4-5-6-7-8-9-10-11-14-17-24-33-29(31)27-20-22-28(23-21-27)30(32)34-25-18-15-12-13-16-19-26(2)3/h26-28H,4-25H2,1-3H3. The minimum atomic E-state index is -0.0583. The van der Waals surface area contributed by atoms with Gasteiger partial charge in [0.05, 0.1) is 25.0 Å². The van der Waals surface area contributed by atoms with Crippen molar-refractivity contribution in [2.45, 2.75) is 149 Å². The van der Waals surface area contributed by atoms with Gasteiger partial charge in [-0.1, -0.05) is 111 Å². The second-order valence-electron chi connectivity index (χ2n) is 11.0. The van der Waals surface area contributed by atoms with Gasteiger partial charge in [0.1, 0.15) is 0 Å². The largest absolute Gasteiger partial charge is 0.465 e. The fourth-order valence-electron chi connectivity index (χ4n) is 4.92. The molecule has 1 aliphatic rings. The molecule has 1 aliphatic carbocycles. The maximum absolute atomic E-state index is 12.4. The summed E-state index contributed by atoms with van der Waals surface area (Å²) in [5.74, 6) is 0.620. The molecule has 34 heavy (non-hydrogen) atoms. The summed E-state index contributed by atoms with van der Waals surface area (Å²) in [7, 11) is 0. The zero-order chi connectivity index (χ0) is 24.9. The van der Waals surface area contributed by atoms with Crippen LogP contribution in [0.4, 0.5) is 0 Å². The zero-order valence-electron chi connectivity index (χ0n) is 22.9. The van der Waals surface area contributed by atoms with Crippen LogP contribution >= 0.6 is 0 Å². The fourth-order valence-corrected chi connectivity index (χ4v) is 4.92. The lowest BCUT2D eigenvalue weighted by molar-refractivity contribution is -0.155. The van der Waals surface area contributed by atoms with Gasteiger partial charge in [0.2, 0.25) is 0 Å². The average Bonchev–Trinajstić information content (AvgIpc) is 2.83. The SMILES string of the molecule is CCCCCCCCCCCCOC(=O)C1CCC(C(=O)OCCCCCCCC(C)C)CC1. The summed E-state index contributed by atoms with van der Waals surface area (Å²) < 4.78 is 11.0. The van der Waals surface area contributed by atoms with Crippen LogP contribution in [0.15, 0.2) is 0 Å². The topological polar surface area (TPSA) is 52.6 Å². The van der Waals surface area contributed by atoms with E-state index in [0.29, 0.717) is 13.2 Å². The predicted octanol–water partition coefficient (Wildman–Crippen LogP) is 8.80. The molecule has 0 atom stereocenters. The summed E-state index contributed by atoms with van der Waals surface area (Å²) in [6.45, 7) is 7.90. The van der Waals surface area contributed by atoms with Crippen LogP contribution in [0.3, 0.4) is 0 Å². The van der Waals surface area contributed by atoms with Gasteiger partial charge in [-0.2, -0.15) is 0 Å². The first kappa shape index (κ1) is 31.0. The first-order valence-electron chi connectivity index (χ1n) is 14.9. The van der Waals surface area contributed by atoms with Gasteiger partial charge in [-0.05, 0) is 44.4 Å². The molecule has 0 bridgehead atoms. The molecule has 4 nitrogen and oxygen atoms in total.